The standard InChI is InChI=1S/C11H12Br3NO3/c1-2-18-8(16)4-7(15)9-5(12)3-6(13)11(17)10(9)14/h3,7,17H,2,4,15H2,1H3/t7-/m1/s1. The normalized spacial score (nSPS) is 12.3. The highest BCUT2D eigenvalue weighted by molar-refractivity contribution is 9.11. The predicted molar refractivity (Wildman–Crippen MR) is 79.4 cm³/mol. The summed E-state index contributed by atoms with van der Waals surface area (Å²) in [4.78, 5) is 11.4. The van der Waals surface area contributed by atoms with Crippen molar-refractivity contribution in [2.75, 3.05) is 6.61 Å². The van der Waals surface area contributed by atoms with E-state index in [2.05, 4.69) is 47.8 Å². The molecule has 3 N–H and O–H groups in total. The minimum Gasteiger partial charge on any atom is -0.506 e. The molecule has 0 spiro atoms. The summed E-state index contributed by atoms with van der Waals surface area (Å²) in [6.07, 6.45) is 0.0477. The minimum absolute atomic E-state index is 0.0477. The van der Waals surface area contributed by atoms with Crippen LogP contribution in [0.1, 0.15) is 24.9 Å². The van der Waals surface area contributed by atoms with E-state index in [1.807, 2.05) is 0 Å². The van der Waals surface area contributed by atoms with Crippen LogP contribution in [0.15, 0.2) is 19.5 Å². The number of phenolic OH excluding ortho intramolecular Hbond substituents is 1. The zero-order valence-corrected chi connectivity index (χ0v) is 14.3. The van der Waals surface area contributed by atoms with E-state index in [1.165, 1.54) is 0 Å². The lowest BCUT2D eigenvalue weighted by Crippen LogP contribution is -2.18. The van der Waals surface area contributed by atoms with Crippen molar-refractivity contribution in [3.05, 3.63) is 25.0 Å². The molecule has 0 radical (unpaired) electrons. The van der Waals surface area contributed by atoms with Crippen molar-refractivity contribution in [3.63, 3.8) is 0 Å². The number of carbonyl (C=O) groups is 1. The van der Waals surface area contributed by atoms with Crippen molar-refractivity contribution in [3.8, 4) is 5.75 Å². The van der Waals surface area contributed by atoms with Crippen LogP contribution >= 0.6 is 47.8 Å². The molecular formula is C11H12Br3NO3. The zero-order valence-electron chi connectivity index (χ0n) is 9.54. The summed E-state index contributed by atoms with van der Waals surface area (Å²) < 4.78 is 6.55. The lowest BCUT2D eigenvalue weighted by atomic mass is 10.0. The van der Waals surface area contributed by atoms with Crippen LogP contribution in [0.4, 0.5) is 0 Å². The second-order valence-corrected chi connectivity index (χ2v) is 6.03. The van der Waals surface area contributed by atoms with Crippen LogP contribution in [-0.4, -0.2) is 17.7 Å². The lowest BCUT2D eigenvalue weighted by molar-refractivity contribution is -0.143. The number of nitrogens with two attached hydrogens (primary N) is 1. The second kappa shape index (κ2) is 6.88. The van der Waals surface area contributed by atoms with Gasteiger partial charge in [0.25, 0.3) is 0 Å². The predicted octanol–water partition coefficient (Wildman–Crippen LogP) is 3.63. The number of aromatic hydroxyl groups is 1. The molecule has 1 aromatic rings. The molecule has 0 aliphatic rings. The molecule has 0 heterocycles. The first-order valence-electron chi connectivity index (χ1n) is 5.16. The average molecular weight is 446 g/mol. The fourth-order valence-corrected chi connectivity index (χ4v) is 4.14. The molecule has 0 aliphatic heterocycles. The average Bonchev–Trinajstić information content (AvgIpc) is 2.26. The summed E-state index contributed by atoms with van der Waals surface area (Å²) in [5.41, 5.74) is 6.59. The topological polar surface area (TPSA) is 72.5 Å². The van der Waals surface area contributed by atoms with Crippen molar-refractivity contribution in [2.24, 2.45) is 5.73 Å². The summed E-state index contributed by atoms with van der Waals surface area (Å²) >= 11 is 9.84. The van der Waals surface area contributed by atoms with Gasteiger partial charge in [-0.25, -0.2) is 0 Å². The van der Waals surface area contributed by atoms with E-state index in [9.17, 15) is 9.90 Å². The van der Waals surface area contributed by atoms with Crippen LogP contribution in [0.25, 0.3) is 0 Å². The maximum absolute atomic E-state index is 11.4. The third kappa shape index (κ3) is 3.69. The molecule has 0 bridgehead atoms. The van der Waals surface area contributed by atoms with Gasteiger partial charge in [0.2, 0.25) is 0 Å². The highest BCUT2D eigenvalue weighted by Gasteiger charge is 2.21. The Bertz CT molecular complexity index is 465. The fourth-order valence-electron chi connectivity index (χ4n) is 1.44. The Balaban J connectivity index is 3.02. The third-order valence-corrected chi connectivity index (χ3v) is 4.31. The largest absolute Gasteiger partial charge is 0.506 e. The number of halogens is 3. The van der Waals surface area contributed by atoms with Gasteiger partial charge in [-0.15, -0.1) is 0 Å². The van der Waals surface area contributed by atoms with Crippen molar-refractivity contribution < 1.29 is 14.6 Å². The first kappa shape index (κ1) is 15.9. The third-order valence-electron chi connectivity index (χ3n) is 2.24. The molecule has 4 nitrogen and oxygen atoms in total. The van der Waals surface area contributed by atoms with E-state index >= 15 is 0 Å². The number of benzene rings is 1. The Morgan fingerprint density at radius 3 is 2.61 bits per heavy atom. The molecule has 0 aromatic heterocycles. The van der Waals surface area contributed by atoms with Crippen molar-refractivity contribution in [2.45, 2.75) is 19.4 Å². The van der Waals surface area contributed by atoms with E-state index in [4.69, 9.17) is 10.5 Å². The molecule has 7 heteroatoms. The Morgan fingerprint density at radius 2 is 2.06 bits per heavy atom. The lowest BCUT2D eigenvalue weighted by Gasteiger charge is -2.16. The molecule has 0 unspecified atom stereocenters. The summed E-state index contributed by atoms with van der Waals surface area (Å²) in [6, 6.07) is 1.12. The van der Waals surface area contributed by atoms with Gasteiger partial charge in [-0.3, -0.25) is 4.79 Å². The smallest absolute Gasteiger partial charge is 0.307 e. The molecule has 0 saturated carbocycles. The fraction of sp³-hybridized carbons (Fsp3) is 0.364. The number of ether oxygens (including phenoxy) is 1. The number of hydrogen-bond donors (Lipinski definition) is 2. The highest BCUT2D eigenvalue weighted by Crippen LogP contribution is 2.42. The van der Waals surface area contributed by atoms with Gasteiger partial charge in [0.15, 0.2) is 0 Å². The minimum atomic E-state index is -0.563. The zero-order chi connectivity index (χ0) is 13.9. The Labute approximate surface area is 130 Å². The van der Waals surface area contributed by atoms with Gasteiger partial charge in [0.1, 0.15) is 5.75 Å². The molecule has 1 rings (SSSR count). The second-order valence-electron chi connectivity index (χ2n) is 3.53. The van der Waals surface area contributed by atoms with Gasteiger partial charge in [-0.1, -0.05) is 15.9 Å². The molecule has 0 aliphatic carbocycles. The first-order valence-corrected chi connectivity index (χ1v) is 7.53. The van der Waals surface area contributed by atoms with Crippen molar-refractivity contribution in [1.29, 1.82) is 0 Å². The Hall–Kier alpha value is -0.110. The van der Waals surface area contributed by atoms with Crippen LogP contribution in [0, 0.1) is 0 Å². The van der Waals surface area contributed by atoms with Gasteiger partial charge >= 0.3 is 5.97 Å². The molecule has 0 fully saturated rings. The summed E-state index contributed by atoms with van der Waals surface area (Å²) in [6.45, 7) is 2.06. The van der Waals surface area contributed by atoms with Gasteiger partial charge in [0.05, 0.1) is 22.0 Å². The highest BCUT2D eigenvalue weighted by atomic mass is 79.9. The van der Waals surface area contributed by atoms with Crippen LogP contribution < -0.4 is 5.73 Å². The van der Waals surface area contributed by atoms with E-state index < -0.39 is 6.04 Å². The number of phenols is 1. The molecule has 0 saturated heterocycles. The first-order chi connectivity index (χ1) is 8.38. The molecule has 100 valence electrons. The van der Waals surface area contributed by atoms with E-state index in [1.54, 1.807) is 13.0 Å². The van der Waals surface area contributed by atoms with E-state index in [0.29, 0.717) is 25.6 Å². The number of esters is 1. The molecule has 18 heavy (non-hydrogen) atoms. The molecule has 1 aromatic carbocycles. The maximum atomic E-state index is 11.4. The van der Waals surface area contributed by atoms with E-state index in [-0.39, 0.29) is 18.1 Å². The van der Waals surface area contributed by atoms with E-state index in [0.717, 1.165) is 0 Å². The SMILES string of the molecule is CCOC(=O)C[C@@H](N)c1c(Br)cc(Br)c(O)c1Br. The van der Waals surface area contributed by atoms with Crippen LogP contribution in [0.5, 0.6) is 5.75 Å². The Kier molecular flexibility index (Phi) is 6.10. The maximum Gasteiger partial charge on any atom is 0.307 e. The van der Waals surface area contributed by atoms with Crippen LogP contribution in [-0.2, 0) is 9.53 Å². The quantitative estimate of drug-likeness (QED) is 0.694. The van der Waals surface area contributed by atoms with Gasteiger partial charge in [0, 0.05) is 16.1 Å². The number of hydrogen-bond acceptors (Lipinski definition) is 4. The molecule has 1 atom stereocenters. The number of rotatable bonds is 4. The Morgan fingerprint density at radius 1 is 1.44 bits per heavy atom. The van der Waals surface area contributed by atoms with Gasteiger partial charge < -0.3 is 15.6 Å². The van der Waals surface area contributed by atoms with Crippen LogP contribution in [0.2, 0.25) is 0 Å². The summed E-state index contributed by atoms with van der Waals surface area (Å²) in [7, 11) is 0. The number of carbonyl (C=O) groups excluding carboxylic acids is 1. The summed E-state index contributed by atoms with van der Waals surface area (Å²) in [5, 5.41) is 9.81. The monoisotopic (exact) mass is 443 g/mol. The summed E-state index contributed by atoms with van der Waals surface area (Å²) in [5.74, 6) is -0.321. The molecule has 0 amide bonds. The molecular weight excluding hydrogens is 434 g/mol. The van der Waals surface area contributed by atoms with Gasteiger partial charge in [-0.2, -0.15) is 0 Å². The van der Waals surface area contributed by atoms with Crippen LogP contribution in [0.3, 0.4) is 0 Å². The van der Waals surface area contributed by atoms with Gasteiger partial charge in [-0.05, 0) is 44.8 Å². The van der Waals surface area contributed by atoms with Crippen molar-refractivity contribution in [1.82, 2.24) is 0 Å². The van der Waals surface area contributed by atoms with Crippen molar-refractivity contribution >= 4 is 53.8 Å².